The van der Waals surface area contributed by atoms with Gasteiger partial charge in [0.15, 0.2) is 6.10 Å². The van der Waals surface area contributed by atoms with E-state index in [1.807, 2.05) is 12.2 Å². The molecule has 0 saturated carbocycles. The van der Waals surface area contributed by atoms with Crippen LogP contribution in [0.3, 0.4) is 0 Å². The summed E-state index contributed by atoms with van der Waals surface area (Å²) >= 11 is 0. The van der Waals surface area contributed by atoms with Gasteiger partial charge in [0.05, 0.1) is 0 Å². The van der Waals surface area contributed by atoms with Gasteiger partial charge in [-0.15, -0.1) is 0 Å². The van der Waals surface area contributed by atoms with Crippen LogP contribution in [-0.2, 0) is 28.6 Å². The number of carbonyl (C=O) groups excluding carboxylic acids is 3. The van der Waals surface area contributed by atoms with Gasteiger partial charge in [-0.3, -0.25) is 14.4 Å². The minimum atomic E-state index is -0.846. The van der Waals surface area contributed by atoms with E-state index in [0.29, 0.717) is 19.3 Å². The third kappa shape index (κ3) is 59.5. The highest BCUT2D eigenvalue weighted by molar-refractivity contribution is 5.71. The summed E-state index contributed by atoms with van der Waals surface area (Å²) in [6.07, 6.45) is 90.7. The molecule has 0 bridgehead atoms. The Hall–Kier alpha value is -5.23. The van der Waals surface area contributed by atoms with Gasteiger partial charge in [-0.25, -0.2) is 0 Å². The second-order valence-electron chi connectivity index (χ2n) is 18.8. The molecule has 75 heavy (non-hydrogen) atoms. The molecule has 0 saturated heterocycles. The minimum Gasteiger partial charge on any atom is -0.462 e. The van der Waals surface area contributed by atoms with Crippen LogP contribution in [0.25, 0.3) is 0 Å². The molecule has 0 aromatic carbocycles. The van der Waals surface area contributed by atoms with E-state index in [9.17, 15) is 14.4 Å². The number of esters is 3. The van der Waals surface area contributed by atoms with Crippen LogP contribution in [-0.4, -0.2) is 37.2 Å². The molecule has 0 spiro atoms. The second kappa shape index (κ2) is 61.3. The van der Waals surface area contributed by atoms with E-state index < -0.39 is 12.1 Å². The summed E-state index contributed by atoms with van der Waals surface area (Å²) in [6, 6.07) is 0. The van der Waals surface area contributed by atoms with Gasteiger partial charge in [0.2, 0.25) is 0 Å². The van der Waals surface area contributed by atoms with Crippen molar-refractivity contribution < 1.29 is 28.6 Å². The highest BCUT2D eigenvalue weighted by Gasteiger charge is 2.19. The number of rotatable bonds is 51. The monoisotopic (exact) mass is 1030 g/mol. The molecular formula is C69H106O6. The van der Waals surface area contributed by atoms with E-state index in [0.717, 1.165) is 141 Å². The fraction of sp³-hybridized carbons (Fsp3) is 0.551. The van der Waals surface area contributed by atoms with E-state index in [-0.39, 0.29) is 31.6 Å². The van der Waals surface area contributed by atoms with Gasteiger partial charge >= 0.3 is 17.9 Å². The molecule has 0 radical (unpaired) electrons. The lowest BCUT2D eigenvalue weighted by atomic mass is 10.1. The van der Waals surface area contributed by atoms with E-state index >= 15 is 0 Å². The van der Waals surface area contributed by atoms with E-state index in [4.69, 9.17) is 14.2 Å². The molecule has 0 aromatic heterocycles. The first-order valence-electron chi connectivity index (χ1n) is 29.6. The van der Waals surface area contributed by atoms with Crippen molar-refractivity contribution in [1.29, 1.82) is 0 Å². The predicted molar refractivity (Wildman–Crippen MR) is 325 cm³/mol. The molecule has 1 atom stereocenters. The summed E-state index contributed by atoms with van der Waals surface area (Å²) in [5.74, 6) is -1.07. The second-order valence-corrected chi connectivity index (χ2v) is 18.8. The molecule has 0 N–H and O–H groups in total. The molecule has 0 aliphatic heterocycles. The molecular weight excluding hydrogens is 925 g/mol. The zero-order chi connectivity index (χ0) is 54.3. The molecule has 1 unspecified atom stereocenters. The first-order valence-corrected chi connectivity index (χ1v) is 29.6. The number of hydrogen-bond acceptors (Lipinski definition) is 6. The van der Waals surface area contributed by atoms with Crippen LogP contribution in [0.5, 0.6) is 0 Å². The topological polar surface area (TPSA) is 78.9 Å². The summed E-state index contributed by atoms with van der Waals surface area (Å²) in [7, 11) is 0. The zero-order valence-electron chi connectivity index (χ0n) is 47.7. The van der Waals surface area contributed by atoms with Gasteiger partial charge in [-0.1, -0.05) is 236 Å². The van der Waals surface area contributed by atoms with Crippen molar-refractivity contribution in [2.75, 3.05) is 13.2 Å². The lowest BCUT2D eigenvalue weighted by molar-refractivity contribution is -0.166. The van der Waals surface area contributed by atoms with Gasteiger partial charge in [0, 0.05) is 19.3 Å². The van der Waals surface area contributed by atoms with Crippen molar-refractivity contribution in [3.05, 3.63) is 170 Å². The Labute approximate surface area is 460 Å². The van der Waals surface area contributed by atoms with Gasteiger partial charge in [0.25, 0.3) is 0 Å². The van der Waals surface area contributed by atoms with Crippen LogP contribution in [0.2, 0.25) is 0 Å². The van der Waals surface area contributed by atoms with Gasteiger partial charge < -0.3 is 14.2 Å². The van der Waals surface area contributed by atoms with Crippen LogP contribution in [0.15, 0.2) is 170 Å². The highest BCUT2D eigenvalue weighted by Crippen LogP contribution is 2.12. The van der Waals surface area contributed by atoms with Crippen molar-refractivity contribution in [1.82, 2.24) is 0 Å². The quantitative estimate of drug-likeness (QED) is 0.0261. The molecule has 0 heterocycles. The molecule has 6 nitrogen and oxygen atoms in total. The Morgan fingerprint density at radius 2 is 0.547 bits per heavy atom. The van der Waals surface area contributed by atoms with Crippen LogP contribution in [0, 0.1) is 0 Å². The Morgan fingerprint density at radius 1 is 0.280 bits per heavy atom. The molecule has 6 heteroatoms. The highest BCUT2D eigenvalue weighted by atomic mass is 16.6. The van der Waals surface area contributed by atoms with Crippen molar-refractivity contribution in [2.45, 2.75) is 232 Å². The van der Waals surface area contributed by atoms with Crippen molar-refractivity contribution in [2.24, 2.45) is 0 Å². The molecule has 0 aliphatic carbocycles. The van der Waals surface area contributed by atoms with Crippen LogP contribution >= 0.6 is 0 Å². The lowest BCUT2D eigenvalue weighted by Crippen LogP contribution is -2.30. The van der Waals surface area contributed by atoms with Gasteiger partial charge in [0.1, 0.15) is 13.2 Å². The zero-order valence-corrected chi connectivity index (χ0v) is 47.7. The summed E-state index contributed by atoms with van der Waals surface area (Å²) in [4.78, 5) is 38.2. The Bertz CT molecular complexity index is 1750. The molecule has 0 rings (SSSR count). The molecule has 418 valence electrons. The summed E-state index contributed by atoms with van der Waals surface area (Å²) < 4.78 is 16.8. The summed E-state index contributed by atoms with van der Waals surface area (Å²) in [5.41, 5.74) is 0. The van der Waals surface area contributed by atoms with Crippen LogP contribution in [0.4, 0.5) is 0 Å². The third-order valence-corrected chi connectivity index (χ3v) is 11.7. The van der Waals surface area contributed by atoms with Crippen LogP contribution in [0.1, 0.15) is 226 Å². The van der Waals surface area contributed by atoms with Gasteiger partial charge in [-0.05, 0) is 141 Å². The van der Waals surface area contributed by atoms with Crippen molar-refractivity contribution >= 4 is 17.9 Å². The van der Waals surface area contributed by atoms with E-state index in [1.54, 1.807) is 0 Å². The smallest absolute Gasteiger partial charge is 0.306 e. The lowest BCUT2D eigenvalue weighted by Gasteiger charge is -2.18. The third-order valence-electron chi connectivity index (χ3n) is 11.7. The maximum absolute atomic E-state index is 12.8. The van der Waals surface area contributed by atoms with Crippen molar-refractivity contribution in [3.8, 4) is 0 Å². The first kappa shape index (κ1) is 69.8. The number of ether oxygens (including phenoxy) is 3. The number of carbonyl (C=O) groups is 3. The van der Waals surface area contributed by atoms with Crippen LogP contribution < -0.4 is 0 Å². The Balaban J connectivity index is 4.57. The Morgan fingerprint density at radius 3 is 0.893 bits per heavy atom. The molecule has 0 aromatic rings. The fourth-order valence-electron chi connectivity index (χ4n) is 7.32. The SMILES string of the molecule is CC/C=C\C/C=C\C/C=C\C/C=C\C/C=C\C/C=C\C/C=C\CCCCCC(=O)OCC(COC(=O)CCCCCCC/C=C\CCCCCC)OC(=O)CC/C=C\C/C=C\C/C=C\C/C=C\C/C=C\C/C=C\CC. The summed E-state index contributed by atoms with van der Waals surface area (Å²) in [5, 5.41) is 0. The average molecular weight is 1030 g/mol. The fourth-order valence-corrected chi connectivity index (χ4v) is 7.32. The maximum atomic E-state index is 12.8. The average Bonchev–Trinajstić information content (AvgIpc) is 3.41. The standard InChI is InChI=1S/C69H106O6/c1-4-7-10-13-16-19-22-25-27-29-31-32-33-34-35-36-38-39-41-44-47-50-53-56-59-62-68(71)74-65-66(64-73-67(70)61-58-55-52-49-46-43-24-21-18-15-12-9-6-3)75-69(72)63-60-57-54-51-48-45-42-40-37-30-28-26-23-20-17-14-11-8-5-2/h7-8,10-11,16-17,19-21,24-28,31-32,34-35,37-40,44-45,47-48,54,57,66H,4-6,9,12-15,18,22-23,29-30,33,36,41-43,46,49-53,55-56,58-65H2,1-3H3/b10-7-,11-8-,19-16-,20-17-,24-21-,27-25-,28-26-,32-31-,35-34-,39-38-,40-37-,47-44-,48-45-,57-54-. The normalized spacial score (nSPS) is 13.4. The first-order chi connectivity index (χ1) is 37.0. The molecule has 0 fully saturated rings. The number of allylic oxidation sites excluding steroid dienone is 28. The Kier molecular flexibility index (Phi) is 57.0. The van der Waals surface area contributed by atoms with Crippen molar-refractivity contribution in [3.63, 3.8) is 0 Å². The van der Waals surface area contributed by atoms with Gasteiger partial charge in [-0.2, -0.15) is 0 Å². The predicted octanol–water partition coefficient (Wildman–Crippen LogP) is 20.3. The molecule has 0 aliphatic rings. The minimum absolute atomic E-state index is 0.131. The maximum Gasteiger partial charge on any atom is 0.306 e. The number of hydrogen-bond donors (Lipinski definition) is 0. The van der Waals surface area contributed by atoms with E-state index in [2.05, 4.69) is 179 Å². The largest absolute Gasteiger partial charge is 0.462 e. The van der Waals surface area contributed by atoms with E-state index in [1.165, 1.54) is 38.5 Å². The molecule has 0 amide bonds. The number of unbranched alkanes of at least 4 members (excludes halogenated alkanes) is 12. The summed E-state index contributed by atoms with van der Waals surface area (Å²) in [6.45, 7) is 6.28.